The number of hydrogen-bond donors (Lipinski definition) is 1. The molecule has 1 amide bonds. The van der Waals surface area contributed by atoms with E-state index in [0.29, 0.717) is 18.7 Å². The number of aromatic nitrogens is 2. The van der Waals surface area contributed by atoms with Crippen molar-refractivity contribution in [3.63, 3.8) is 0 Å². The molecule has 16 heavy (non-hydrogen) atoms. The van der Waals surface area contributed by atoms with E-state index in [9.17, 15) is 4.79 Å². The molecule has 5 nitrogen and oxygen atoms in total. The van der Waals surface area contributed by atoms with Crippen LogP contribution in [0.1, 0.15) is 30.6 Å². The van der Waals surface area contributed by atoms with Gasteiger partial charge in [-0.3, -0.25) is 9.48 Å². The minimum atomic E-state index is -0.0730. The lowest BCUT2D eigenvalue weighted by molar-refractivity contribution is 0.0944. The van der Waals surface area contributed by atoms with E-state index < -0.39 is 0 Å². The Hall–Kier alpha value is -1.36. The Bertz CT molecular complexity index is 323. The highest BCUT2D eigenvalue weighted by Crippen LogP contribution is 1.97. The van der Waals surface area contributed by atoms with Crippen LogP contribution in [0.25, 0.3) is 0 Å². The number of hydrogen-bond acceptors (Lipinski definition) is 3. The van der Waals surface area contributed by atoms with Crippen LogP contribution in [-0.2, 0) is 11.3 Å². The number of nitrogens with zero attached hydrogens (tertiary/aromatic N) is 2. The zero-order valence-electron chi connectivity index (χ0n) is 9.90. The van der Waals surface area contributed by atoms with Crippen molar-refractivity contribution in [3.05, 3.63) is 18.0 Å². The summed E-state index contributed by atoms with van der Waals surface area (Å²) < 4.78 is 6.91. The van der Waals surface area contributed by atoms with E-state index in [1.165, 1.54) is 0 Å². The molecule has 0 aliphatic heterocycles. The number of nitrogens with one attached hydrogen (secondary N) is 1. The summed E-state index contributed by atoms with van der Waals surface area (Å²) in [5.41, 5.74) is 0.609. The molecule has 0 atom stereocenters. The third-order valence-corrected chi connectivity index (χ3v) is 2.17. The Morgan fingerprint density at radius 3 is 3.00 bits per heavy atom. The van der Waals surface area contributed by atoms with Crippen LogP contribution >= 0.6 is 0 Å². The van der Waals surface area contributed by atoms with Crippen molar-refractivity contribution < 1.29 is 9.53 Å². The Morgan fingerprint density at radius 1 is 1.56 bits per heavy atom. The summed E-state index contributed by atoms with van der Waals surface area (Å²) >= 11 is 0. The zero-order valence-corrected chi connectivity index (χ0v) is 9.90. The molecule has 1 aromatic rings. The molecular weight excluding hydrogens is 206 g/mol. The van der Waals surface area contributed by atoms with Crippen LogP contribution in [0.5, 0.6) is 0 Å². The number of rotatable bonds is 7. The van der Waals surface area contributed by atoms with E-state index >= 15 is 0 Å². The predicted molar refractivity (Wildman–Crippen MR) is 61.3 cm³/mol. The summed E-state index contributed by atoms with van der Waals surface area (Å²) in [5.74, 6) is -0.0730. The van der Waals surface area contributed by atoms with E-state index in [1.807, 2.05) is 13.8 Å². The zero-order chi connectivity index (χ0) is 11.8. The van der Waals surface area contributed by atoms with Gasteiger partial charge in [0.15, 0.2) is 0 Å². The molecule has 1 N–H and O–H groups in total. The smallest absolute Gasteiger partial charge is 0.254 e. The number of carbonyl (C=O) groups is 1. The molecule has 0 unspecified atom stereocenters. The molecule has 0 aliphatic carbocycles. The molecular formula is C11H19N3O2. The molecule has 0 saturated heterocycles. The van der Waals surface area contributed by atoms with Gasteiger partial charge in [0, 0.05) is 32.5 Å². The van der Waals surface area contributed by atoms with Gasteiger partial charge in [-0.1, -0.05) is 0 Å². The normalized spacial score (nSPS) is 10.4. The summed E-state index contributed by atoms with van der Waals surface area (Å²) in [6, 6.07) is 0. The van der Waals surface area contributed by atoms with Crippen LogP contribution in [0.4, 0.5) is 0 Å². The maximum atomic E-state index is 11.6. The first-order valence-corrected chi connectivity index (χ1v) is 5.66. The van der Waals surface area contributed by atoms with Gasteiger partial charge in [0.05, 0.1) is 11.8 Å². The largest absolute Gasteiger partial charge is 0.382 e. The van der Waals surface area contributed by atoms with Crippen LogP contribution in [0.15, 0.2) is 12.4 Å². The van der Waals surface area contributed by atoms with E-state index in [0.717, 1.165) is 19.6 Å². The van der Waals surface area contributed by atoms with Gasteiger partial charge in [0.1, 0.15) is 0 Å². The monoisotopic (exact) mass is 225 g/mol. The fourth-order valence-electron chi connectivity index (χ4n) is 1.28. The molecule has 90 valence electrons. The predicted octanol–water partition coefficient (Wildman–Crippen LogP) is 1.06. The van der Waals surface area contributed by atoms with Crippen molar-refractivity contribution in [2.75, 3.05) is 19.8 Å². The highest BCUT2D eigenvalue weighted by atomic mass is 16.5. The highest BCUT2D eigenvalue weighted by molar-refractivity contribution is 5.93. The first-order chi connectivity index (χ1) is 7.77. The molecule has 0 saturated carbocycles. The number of carbonyl (C=O) groups excluding carboxylic acids is 1. The average molecular weight is 225 g/mol. The molecule has 1 heterocycles. The van der Waals surface area contributed by atoms with Crippen molar-refractivity contribution >= 4 is 5.91 Å². The van der Waals surface area contributed by atoms with Crippen LogP contribution in [0, 0.1) is 0 Å². The van der Waals surface area contributed by atoms with E-state index in [4.69, 9.17) is 4.74 Å². The summed E-state index contributed by atoms with van der Waals surface area (Å²) in [7, 11) is 0. The van der Waals surface area contributed by atoms with Gasteiger partial charge >= 0.3 is 0 Å². The van der Waals surface area contributed by atoms with Crippen molar-refractivity contribution in [2.24, 2.45) is 0 Å². The van der Waals surface area contributed by atoms with Crippen molar-refractivity contribution in [1.29, 1.82) is 0 Å². The molecule has 1 aromatic heterocycles. The standard InChI is InChI=1S/C11H19N3O2/c1-3-14-9-10(8-13-14)11(15)12-6-5-7-16-4-2/h8-9H,3-7H2,1-2H3,(H,12,15). The van der Waals surface area contributed by atoms with Gasteiger partial charge < -0.3 is 10.1 Å². The molecule has 0 bridgehead atoms. The maximum Gasteiger partial charge on any atom is 0.254 e. The average Bonchev–Trinajstić information content (AvgIpc) is 2.77. The second kappa shape index (κ2) is 7.00. The first-order valence-electron chi connectivity index (χ1n) is 5.66. The third-order valence-electron chi connectivity index (χ3n) is 2.17. The van der Waals surface area contributed by atoms with E-state index in [2.05, 4.69) is 10.4 Å². The fraction of sp³-hybridized carbons (Fsp3) is 0.636. The molecule has 0 radical (unpaired) electrons. The topological polar surface area (TPSA) is 56.1 Å². The Balaban J connectivity index is 2.24. The second-order valence-electron chi connectivity index (χ2n) is 3.39. The van der Waals surface area contributed by atoms with Gasteiger partial charge in [-0.05, 0) is 20.3 Å². The number of amides is 1. The Labute approximate surface area is 95.8 Å². The van der Waals surface area contributed by atoms with Crippen molar-refractivity contribution in [3.8, 4) is 0 Å². The van der Waals surface area contributed by atoms with Crippen molar-refractivity contribution in [1.82, 2.24) is 15.1 Å². The molecule has 0 spiro atoms. The highest BCUT2D eigenvalue weighted by Gasteiger charge is 2.06. The van der Waals surface area contributed by atoms with Gasteiger partial charge in [0.2, 0.25) is 0 Å². The molecule has 0 fully saturated rings. The van der Waals surface area contributed by atoms with Gasteiger partial charge in [-0.2, -0.15) is 5.10 Å². The van der Waals surface area contributed by atoms with Crippen LogP contribution in [0.3, 0.4) is 0 Å². The summed E-state index contributed by atoms with van der Waals surface area (Å²) in [5, 5.41) is 6.87. The minimum Gasteiger partial charge on any atom is -0.382 e. The Morgan fingerprint density at radius 2 is 2.38 bits per heavy atom. The van der Waals surface area contributed by atoms with Gasteiger partial charge in [0.25, 0.3) is 5.91 Å². The van der Waals surface area contributed by atoms with Gasteiger partial charge in [-0.25, -0.2) is 0 Å². The van der Waals surface area contributed by atoms with Crippen molar-refractivity contribution in [2.45, 2.75) is 26.8 Å². The maximum absolute atomic E-state index is 11.6. The lowest BCUT2D eigenvalue weighted by Crippen LogP contribution is -2.24. The molecule has 1 rings (SSSR count). The van der Waals surface area contributed by atoms with Gasteiger partial charge in [-0.15, -0.1) is 0 Å². The van der Waals surface area contributed by atoms with Crippen LogP contribution in [0.2, 0.25) is 0 Å². The lowest BCUT2D eigenvalue weighted by Gasteiger charge is -2.03. The lowest BCUT2D eigenvalue weighted by atomic mass is 10.3. The molecule has 0 aromatic carbocycles. The summed E-state index contributed by atoms with van der Waals surface area (Å²) in [4.78, 5) is 11.6. The Kier molecular flexibility index (Phi) is 5.56. The number of aryl methyl sites for hydroxylation is 1. The summed E-state index contributed by atoms with van der Waals surface area (Å²) in [6.07, 6.45) is 4.17. The third kappa shape index (κ3) is 4.02. The van der Waals surface area contributed by atoms with E-state index in [-0.39, 0.29) is 5.91 Å². The first kappa shape index (κ1) is 12.7. The van der Waals surface area contributed by atoms with Crippen LogP contribution in [-0.4, -0.2) is 35.4 Å². The summed E-state index contributed by atoms with van der Waals surface area (Å²) in [6.45, 7) is 6.75. The SMILES string of the molecule is CCOCCCNC(=O)c1cnn(CC)c1. The molecule has 5 heteroatoms. The van der Waals surface area contributed by atoms with E-state index in [1.54, 1.807) is 17.1 Å². The fourth-order valence-corrected chi connectivity index (χ4v) is 1.28. The minimum absolute atomic E-state index is 0.0730. The molecule has 0 aliphatic rings. The quantitative estimate of drug-likeness (QED) is 0.706. The van der Waals surface area contributed by atoms with Crippen LogP contribution < -0.4 is 5.32 Å². The second-order valence-corrected chi connectivity index (χ2v) is 3.39. The number of ether oxygens (including phenoxy) is 1.